The van der Waals surface area contributed by atoms with Crippen molar-refractivity contribution in [1.29, 1.82) is 0 Å². The van der Waals surface area contributed by atoms with Crippen LogP contribution < -0.4 is 10.1 Å². The number of benzene rings is 2. The topological polar surface area (TPSA) is 58.6 Å². The third kappa shape index (κ3) is 6.16. The quantitative estimate of drug-likeness (QED) is 0.699. The molecule has 31 heavy (non-hydrogen) atoms. The first-order valence-corrected chi connectivity index (χ1v) is 9.47. The van der Waals surface area contributed by atoms with E-state index in [-0.39, 0.29) is 36.2 Å². The second kappa shape index (κ2) is 9.32. The number of likely N-dealkylation sites (tertiary alicyclic amines) is 1. The number of carbonyl (C=O) groups is 2. The molecule has 1 saturated heterocycles. The van der Waals surface area contributed by atoms with E-state index in [2.05, 4.69) is 10.1 Å². The molecule has 5 nitrogen and oxygen atoms in total. The number of nitrogens with one attached hydrogen (secondary N) is 1. The van der Waals surface area contributed by atoms with E-state index in [4.69, 9.17) is 0 Å². The van der Waals surface area contributed by atoms with E-state index in [0.29, 0.717) is 24.6 Å². The summed E-state index contributed by atoms with van der Waals surface area (Å²) in [6, 6.07) is 8.25. The summed E-state index contributed by atoms with van der Waals surface area (Å²) in [7, 11) is 0. The van der Waals surface area contributed by atoms with Crippen molar-refractivity contribution < 1.29 is 36.3 Å². The molecule has 2 aromatic carbocycles. The Kier molecular flexibility index (Phi) is 6.77. The number of nitrogens with zero attached hydrogens (tertiary/aromatic N) is 1. The van der Waals surface area contributed by atoms with Gasteiger partial charge in [-0.15, -0.1) is 0 Å². The fraction of sp³-hybridized carbons (Fsp3) is 0.333. The number of ether oxygens (including phenoxy) is 1. The van der Waals surface area contributed by atoms with E-state index in [9.17, 15) is 31.5 Å². The summed E-state index contributed by atoms with van der Waals surface area (Å²) in [6.45, 7) is -0.937. The summed E-state index contributed by atoms with van der Waals surface area (Å²) >= 11 is 0. The lowest BCUT2D eigenvalue weighted by Gasteiger charge is -2.31. The molecule has 1 heterocycles. The molecule has 0 aliphatic carbocycles. The molecular weight excluding hydrogens is 423 g/mol. The Labute approximate surface area is 174 Å². The van der Waals surface area contributed by atoms with Gasteiger partial charge in [0.2, 0.25) is 5.91 Å². The predicted molar refractivity (Wildman–Crippen MR) is 102 cm³/mol. The number of carbonyl (C=O) groups excluding carboxylic acids is 2. The molecule has 0 unspecified atom stereocenters. The van der Waals surface area contributed by atoms with Crippen LogP contribution >= 0.6 is 0 Å². The van der Waals surface area contributed by atoms with Gasteiger partial charge in [0.15, 0.2) is 6.61 Å². The van der Waals surface area contributed by atoms with Crippen LogP contribution in [0.15, 0.2) is 42.5 Å². The molecule has 2 amide bonds. The van der Waals surface area contributed by atoms with Crippen molar-refractivity contribution in [3.63, 3.8) is 0 Å². The smallest absolute Gasteiger partial charge is 0.422 e. The number of hydrogen-bond acceptors (Lipinski definition) is 3. The first kappa shape index (κ1) is 22.5. The summed E-state index contributed by atoms with van der Waals surface area (Å²) in [5.41, 5.74) is 0.174. The summed E-state index contributed by atoms with van der Waals surface area (Å²) < 4.78 is 68.0. The first-order chi connectivity index (χ1) is 14.6. The van der Waals surface area contributed by atoms with E-state index in [1.807, 2.05) is 0 Å². The molecule has 10 heteroatoms. The van der Waals surface area contributed by atoms with Crippen molar-refractivity contribution in [2.24, 2.45) is 5.92 Å². The normalized spacial score (nSPS) is 14.9. The summed E-state index contributed by atoms with van der Waals surface area (Å²) in [5, 5.41) is 2.68. The number of amides is 2. The Morgan fingerprint density at radius 2 is 1.68 bits per heavy atom. The molecule has 166 valence electrons. The zero-order valence-corrected chi connectivity index (χ0v) is 16.2. The fourth-order valence-electron chi connectivity index (χ4n) is 3.22. The molecule has 0 aromatic heterocycles. The molecule has 1 N–H and O–H groups in total. The average Bonchev–Trinajstić information content (AvgIpc) is 2.72. The van der Waals surface area contributed by atoms with Crippen molar-refractivity contribution in [2.75, 3.05) is 25.0 Å². The second-order valence-corrected chi connectivity index (χ2v) is 7.11. The van der Waals surface area contributed by atoms with Crippen LogP contribution in [0.4, 0.5) is 27.6 Å². The Balaban J connectivity index is 1.50. The largest absolute Gasteiger partial charge is 0.484 e. The minimum atomic E-state index is -4.44. The lowest BCUT2D eigenvalue weighted by molar-refractivity contribution is -0.153. The van der Waals surface area contributed by atoms with Crippen molar-refractivity contribution in [1.82, 2.24) is 4.90 Å². The molecule has 0 saturated carbocycles. The van der Waals surface area contributed by atoms with Crippen LogP contribution in [0, 0.1) is 17.6 Å². The van der Waals surface area contributed by atoms with E-state index in [1.165, 1.54) is 29.2 Å². The number of anilines is 1. The van der Waals surface area contributed by atoms with Crippen LogP contribution in [-0.2, 0) is 4.79 Å². The maximum absolute atomic E-state index is 13.8. The molecule has 2 aromatic rings. The third-order valence-corrected chi connectivity index (χ3v) is 4.84. The van der Waals surface area contributed by atoms with Gasteiger partial charge >= 0.3 is 6.18 Å². The highest BCUT2D eigenvalue weighted by Crippen LogP contribution is 2.24. The number of hydrogen-bond donors (Lipinski definition) is 1. The monoisotopic (exact) mass is 442 g/mol. The second-order valence-electron chi connectivity index (χ2n) is 7.11. The molecule has 0 radical (unpaired) electrons. The van der Waals surface area contributed by atoms with Crippen LogP contribution in [0.1, 0.15) is 23.2 Å². The number of piperidine rings is 1. The van der Waals surface area contributed by atoms with Crippen LogP contribution in [0.2, 0.25) is 0 Å². The van der Waals surface area contributed by atoms with Gasteiger partial charge in [0.25, 0.3) is 5.91 Å². The van der Waals surface area contributed by atoms with Gasteiger partial charge in [0, 0.05) is 30.8 Å². The minimum absolute atomic E-state index is 0.0233. The van der Waals surface area contributed by atoms with Crippen LogP contribution in [0.25, 0.3) is 0 Å². The summed E-state index contributed by atoms with van der Waals surface area (Å²) in [5.74, 6) is -2.93. The van der Waals surface area contributed by atoms with Gasteiger partial charge in [-0.3, -0.25) is 9.59 Å². The molecular formula is C21H19F5N2O3. The lowest BCUT2D eigenvalue weighted by Crippen LogP contribution is -2.41. The van der Waals surface area contributed by atoms with Gasteiger partial charge in [-0.1, -0.05) is 0 Å². The highest BCUT2D eigenvalue weighted by atomic mass is 19.4. The minimum Gasteiger partial charge on any atom is -0.484 e. The van der Waals surface area contributed by atoms with Gasteiger partial charge in [-0.2, -0.15) is 13.2 Å². The first-order valence-electron chi connectivity index (χ1n) is 9.47. The van der Waals surface area contributed by atoms with E-state index in [0.717, 1.165) is 12.1 Å². The van der Waals surface area contributed by atoms with Gasteiger partial charge in [0.1, 0.15) is 17.4 Å². The molecule has 0 bridgehead atoms. The molecule has 0 spiro atoms. The van der Waals surface area contributed by atoms with Crippen molar-refractivity contribution in [3.8, 4) is 5.75 Å². The molecule has 0 atom stereocenters. The van der Waals surface area contributed by atoms with Crippen molar-refractivity contribution in [2.45, 2.75) is 19.0 Å². The number of rotatable bonds is 5. The molecule has 1 aliphatic heterocycles. The summed E-state index contributed by atoms with van der Waals surface area (Å²) in [6.07, 6.45) is -3.73. The zero-order chi connectivity index (χ0) is 22.6. The Hall–Kier alpha value is -3.17. The summed E-state index contributed by atoms with van der Waals surface area (Å²) in [4.78, 5) is 26.3. The SMILES string of the molecule is O=C(Nc1ccc(OCC(F)(F)F)cc1)C1CCN(C(=O)c2ccc(F)cc2F)CC1. The van der Waals surface area contributed by atoms with Gasteiger partial charge in [-0.25, -0.2) is 8.78 Å². The number of alkyl halides is 3. The van der Waals surface area contributed by atoms with E-state index < -0.39 is 30.3 Å². The van der Waals surface area contributed by atoms with Crippen molar-refractivity contribution in [3.05, 3.63) is 59.7 Å². The van der Waals surface area contributed by atoms with Crippen LogP contribution in [0.5, 0.6) is 5.75 Å². The molecule has 1 aliphatic rings. The molecule has 1 fully saturated rings. The lowest BCUT2D eigenvalue weighted by atomic mass is 9.95. The van der Waals surface area contributed by atoms with Crippen LogP contribution in [-0.4, -0.2) is 42.6 Å². The Bertz CT molecular complexity index is 939. The maximum atomic E-state index is 13.8. The highest BCUT2D eigenvalue weighted by Gasteiger charge is 2.30. The van der Waals surface area contributed by atoms with Gasteiger partial charge in [-0.05, 0) is 49.2 Å². The van der Waals surface area contributed by atoms with E-state index in [1.54, 1.807) is 0 Å². The fourth-order valence-corrected chi connectivity index (χ4v) is 3.22. The number of halogens is 5. The Morgan fingerprint density at radius 1 is 1.03 bits per heavy atom. The Morgan fingerprint density at radius 3 is 2.26 bits per heavy atom. The van der Waals surface area contributed by atoms with Crippen molar-refractivity contribution >= 4 is 17.5 Å². The zero-order valence-electron chi connectivity index (χ0n) is 16.2. The van der Waals surface area contributed by atoms with Gasteiger partial charge in [0.05, 0.1) is 5.56 Å². The van der Waals surface area contributed by atoms with E-state index >= 15 is 0 Å². The predicted octanol–water partition coefficient (Wildman–Crippen LogP) is 4.40. The maximum Gasteiger partial charge on any atom is 0.422 e. The standard InChI is InChI=1S/C21H19F5N2O3/c22-14-1-6-17(18(23)11-14)20(30)28-9-7-13(8-10-28)19(29)27-15-2-4-16(5-3-15)31-12-21(24,25)26/h1-6,11,13H,7-10,12H2,(H,27,29). The average molecular weight is 442 g/mol. The van der Waals surface area contributed by atoms with Crippen LogP contribution in [0.3, 0.4) is 0 Å². The van der Waals surface area contributed by atoms with Gasteiger partial charge < -0.3 is 15.0 Å². The highest BCUT2D eigenvalue weighted by molar-refractivity contribution is 5.95. The third-order valence-electron chi connectivity index (χ3n) is 4.84. The molecule has 3 rings (SSSR count).